The fraction of sp³-hybridized carbons (Fsp3) is 0. The van der Waals surface area contributed by atoms with E-state index in [1.807, 2.05) is 0 Å². The molecule has 0 fully saturated rings. The van der Waals surface area contributed by atoms with Crippen LogP contribution < -0.4 is 4.90 Å². The molecule has 0 aliphatic rings. The summed E-state index contributed by atoms with van der Waals surface area (Å²) in [6.07, 6.45) is 0. The molecule has 0 aliphatic carbocycles. The topological polar surface area (TPSA) is 8.17 Å². The lowest BCUT2D eigenvalue weighted by Crippen LogP contribution is -2.11. The first kappa shape index (κ1) is 37.3. The highest BCUT2D eigenvalue weighted by molar-refractivity contribution is 6.10. The van der Waals surface area contributed by atoms with Crippen molar-refractivity contribution >= 4 is 60.4 Å². The maximum absolute atomic E-state index is 2.41. The molecule has 2 nitrogen and oxygen atoms in total. The molecule has 12 aromatic rings. The lowest BCUT2D eigenvalue weighted by Gasteiger charge is -2.28. The second-order valence-corrected chi connectivity index (χ2v) is 16.5. The molecule has 1 aromatic heterocycles. The highest BCUT2D eigenvalue weighted by Gasteiger charge is 2.19. The van der Waals surface area contributed by atoms with Gasteiger partial charge in [-0.05, 0) is 121 Å². The summed E-state index contributed by atoms with van der Waals surface area (Å²) in [5.74, 6) is 0. The van der Waals surface area contributed by atoms with E-state index in [1.54, 1.807) is 0 Å². The van der Waals surface area contributed by atoms with Crippen molar-refractivity contribution in [2.24, 2.45) is 0 Å². The van der Waals surface area contributed by atoms with Crippen LogP contribution in [0, 0.1) is 0 Å². The molecular weight excluding hydrogens is 773 g/mol. The predicted octanol–water partition coefficient (Wildman–Crippen LogP) is 17.2. The molecule has 11 aromatic carbocycles. The normalized spacial score (nSPS) is 11.4. The molecule has 0 saturated heterocycles. The average molecular weight is 815 g/mol. The van der Waals surface area contributed by atoms with Gasteiger partial charge in [0.05, 0.1) is 16.7 Å². The molecule has 0 atom stereocenters. The highest BCUT2D eigenvalue weighted by atomic mass is 15.1. The summed E-state index contributed by atoms with van der Waals surface area (Å²) in [5, 5.41) is 7.59. The van der Waals surface area contributed by atoms with Crippen LogP contribution in [0.2, 0.25) is 0 Å². The van der Waals surface area contributed by atoms with E-state index in [2.05, 4.69) is 264 Å². The standard InChI is InChI=1S/C62H42N2/c1-2-14-43(15-3-1)44-28-30-47(31-29-44)57-22-6-9-25-60(57)63(52-37-34-45(35-38-52)50-36-39-56-51(40-50)33-32-46-16-4-5-21-55(46)56)53-19-12-17-48(41-53)49-18-13-20-54(42-49)64-61-26-10-7-23-58(61)59-24-8-11-27-62(59)64/h1-42H. The molecule has 0 saturated carbocycles. The van der Waals surface area contributed by atoms with E-state index in [9.17, 15) is 0 Å². The van der Waals surface area contributed by atoms with E-state index in [4.69, 9.17) is 0 Å². The third-order valence-electron chi connectivity index (χ3n) is 12.8. The van der Waals surface area contributed by atoms with E-state index < -0.39 is 0 Å². The maximum Gasteiger partial charge on any atom is 0.0541 e. The van der Waals surface area contributed by atoms with Crippen LogP contribution in [0.5, 0.6) is 0 Å². The van der Waals surface area contributed by atoms with E-state index in [-0.39, 0.29) is 0 Å². The first-order valence-corrected chi connectivity index (χ1v) is 22.0. The van der Waals surface area contributed by atoms with Crippen LogP contribution in [0.4, 0.5) is 17.1 Å². The second kappa shape index (κ2) is 15.8. The van der Waals surface area contributed by atoms with Gasteiger partial charge in [0, 0.05) is 33.4 Å². The minimum atomic E-state index is 1.08. The second-order valence-electron chi connectivity index (χ2n) is 16.5. The molecular formula is C62H42N2. The van der Waals surface area contributed by atoms with Gasteiger partial charge < -0.3 is 9.47 Å². The number of nitrogens with zero attached hydrogens (tertiary/aromatic N) is 2. The third kappa shape index (κ3) is 6.61. The zero-order valence-corrected chi connectivity index (χ0v) is 35.1. The minimum Gasteiger partial charge on any atom is -0.310 e. The Labute approximate surface area is 373 Å². The lowest BCUT2D eigenvalue weighted by molar-refractivity contribution is 1.18. The molecule has 1 heterocycles. The lowest BCUT2D eigenvalue weighted by atomic mass is 9.96. The molecule has 2 heteroatoms. The SMILES string of the molecule is c1ccc(-c2ccc(-c3ccccc3N(c3ccc(-c4ccc5c(ccc6ccccc65)c4)cc3)c3cccc(-c4cccc(-n5c6ccccc6c6ccccc65)c4)c3)cc2)cc1. The number of hydrogen-bond donors (Lipinski definition) is 0. The summed E-state index contributed by atoms with van der Waals surface area (Å²) in [7, 11) is 0. The van der Waals surface area contributed by atoms with E-state index in [1.165, 1.54) is 65.6 Å². The van der Waals surface area contributed by atoms with Gasteiger partial charge in [0.1, 0.15) is 0 Å². The van der Waals surface area contributed by atoms with Crippen molar-refractivity contribution in [3.05, 3.63) is 255 Å². The molecule has 64 heavy (non-hydrogen) atoms. The summed E-state index contributed by atoms with van der Waals surface area (Å²) in [6.45, 7) is 0. The molecule has 0 unspecified atom stereocenters. The van der Waals surface area contributed by atoms with Crippen molar-refractivity contribution in [2.75, 3.05) is 4.90 Å². The Bertz CT molecular complexity index is 3600. The quantitative estimate of drug-likeness (QED) is 0.139. The molecule has 0 amide bonds. The van der Waals surface area contributed by atoms with Crippen molar-refractivity contribution in [3.8, 4) is 50.2 Å². The molecule has 0 aliphatic heterocycles. The van der Waals surface area contributed by atoms with E-state index in [0.717, 1.165) is 45.0 Å². The Morgan fingerprint density at radius 1 is 0.266 bits per heavy atom. The van der Waals surface area contributed by atoms with Gasteiger partial charge in [0.25, 0.3) is 0 Å². The smallest absolute Gasteiger partial charge is 0.0541 e. The number of aromatic nitrogens is 1. The van der Waals surface area contributed by atoms with Crippen LogP contribution in [0.3, 0.4) is 0 Å². The molecule has 300 valence electrons. The number of benzene rings is 11. The van der Waals surface area contributed by atoms with Gasteiger partial charge in [-0.1, -0.05) is 194 Å². The fourth-order valence-corrected chi connectivity index (χ4v) is 9.66. The Hall–Kier alpha value is -8.46. The average Bonchev–Trinajstić information content (AvgIpc) is 3.71. The van der Waals surface area contributed by atoms with Crippen LogP contribution >= 0.6 is 0 Å². The summed E-state index contributed by atoms with van der Waals surface area (Å²) >= 11 is 0. The number of anilines is 3. The number of hydrogen-bond acceptors (Lipinski definition) is 1. The third-order valence-corrected chi connectivity index (χ3v) is 12.8. The van der Waals surface area contributed by atoms with Crippen LogP contribution in [0.15, 0.2) is 255 Å². The van der Waals surface area contributed by atoms with Crippen molar-refractivity contribution in [1.29, 1.82) is 0 Å². The van der Waals surface area contributed by atoms with Crippen LogP contribution in [-0.4, -0.2) is 4.57 Å². The van der Waals surface area contributed by atoms with Gasteiger partial charge in [0.15, 0.2) is 0 Å². The van der Waals surface area contributed by atoms with Gasteiger partial charge in [-0.15, -0.1) is 0 Å². The van der Waals surface area contributed by atoms with E-state index in [0.29, 0.717) is 0 Å². The maximum atomic E-state index is 2.41. The van der Waals surface area contributed by atoms with Crippen LogP contribution in [-0.2, 0) is 0 Å². The zero-order valence-electron chi connectivity index (χ0n) is 35.1. The van der Waals surface area contributed by atoms with Gasteiger partial charge in [-0.3, -0.25) is 0 Å². The Balaban J connectivity index is 0.969. The first-order chi connectivity index (χ1) is 31.7. The van der Waals surface area contributed by atoms with Crippen molar-refractivity contribution < 1.29 is 0 Å². The highest BCUT2D eigenvalue weighted by Crippen LogP contribution is 2.43. The largest absolute Gasteiger partial charge is 0.310 e. The number of rotatable bonds is 8. The van der Waals surface area contributed by atoms with Crippen molar-refractivity contribution in [1.82, 2.24) is 4.57 Å². The zero-order chi connectivity index (χ0) is 42.4. The van der Waals surface area contributed by atoms with Gasteiger partial charge in [-0.2, -0.15) is 0 Å². The molecule has 0 radical (unpaired) electrons. The minimum absolute atomic E-state index is 1.08. The van der Waals surface area contributed by atoms with Gasteiger partial charge in [0.2, 0.25) is 0 Å². The number of para-hydroxylation sites is 3. The van der Waals surface area contributed by atoms with Crippen LogP contribution in [0.25, 0.3) is 93.5 Å². The first-order valence-electron chi connectivity index (χ1n) is 22.0. The summed E-state index contributed by atoms with van der Waals surface area (Å²) in [5.41, 5.74) is 16.2. The van der Waals surface area contributed by atoms with E-state index >= 15 is 0 Å². The Morgan fingerprint density at radius 2 is 0.781 bits per heavy atom. The molecule has 0 N–H and O–H groups in total. The predicted molar refractivity (Wildman–Crippen MR) is 272 cm³/mol. The molecule has 12 rings (SSSR count). The summed E-state index contributed by atoms with van der Waals surface area (Å²) < 4.78 is 2.39. The van der Waals surface area contributed by atoms with Crippen molar-refractivity contribution in [2.45, 2.75) is 0 Å². The fourth-order valence-electron chi connectivity index (χ4n) is 9.66. The van der Waals surface area contributed by atoms with Crippen LogP contribution in [0.1, 0.15) is 0 Å². The summed E-state index contributed by atoms with van der Waals surface area (Å²) in [4.78, 5) is 2.41. The van der Waals surface area contributed by atoms with Crippen molar-refractivity contribution in [3.63, 3.8) is 0 Å². The molecule has 0 bridgehead atoms. The Kier molecular flexibility index (Phi) is 9.20. The number of fused-ring (bicyclic) bond motifs is 6. The monoisotopic (exact) mass is 814 g/mol. The Morgan fingerprint density at radius 3 is 1.56 bits per heavy atom. The van der Waals surface area contributed by atoms with Gasteiger partial charge >= 0.3 is 0 Å². The molecule has 0 spiro atoms. The van der Waals surface area contributed by atoms with Gasteiger partial charge in [-0.25, -0.2) is 0 Å². The summed E-state index contributed by atoms with van der Waals surface area (Å²) in [6, 6.07) is 92.7.